The van der Waals surface area contributed by atoms with Crippen LogP contribution in [0.2, 0.25) is 0 Å². The Balaban J connectivity index is 1.95. The minimum atomic E-state index is 0.353. The fourth-order valence-corrected chi connectivity index (χ4v) is 2.51. The molecule has 15 heavy (non-hydrogen) atoms. The molecule has 0 aromatic carbocycles. The first-order valence-corrected chi connectivity index (χ1v) is 5.93. The van der Waals surface area contributed by atoms with Gasteiger partial charge in [-0.05, 0) is 25.7 Å². The zero-order valence-corrected chi connectivity index (χ0v) is 9.40. The second-order valence-electron chi connectivity index (χ2n) is 4.87. The summed E-state index contributed by atoms with van der Waals surface area (Å²) < 4.78 is 2.32. The first kappa shape index (κ1) is 9.33. The molecule has 2 heterocycles. The van der Waals surface area contributed by atoms with Gasteiger partial charge < -0.3 is 9.88 Å². The molecule has 0 bridgehead atoms. The normalized spacial score (nSPS) is 27.5. The van der Waals surface area contributed by atoms with Crippen molar-refractivity contribution in [1.82, 2.24) is 20.1 Å². The molecule has 1 aliphatic carbocycles. The molecule has 4 nitrogen and oxygen atoms in total. The number of hydrogen-bond donors (Lipinski definition) is 1. The lowest BCUT2D eigenvalue weighted by Gasteiger charge is -2.23. The SMILES string of the molecule is CC1NCCn2c1nnc2C(C)C1CC1. The predicted octanol–water partition coefficient (Wildman–Crippen LogP) is 1.46. The van der Waals surface area contributed by atoms with Gasteiger partial charge >= 0.3 is 0 Å². The average molecular weight is 206 g/mol. The molecular formula is C11H18N4. The molecule has 1 aliphatic heterocycles. The standard InChI is InChI=1S/C11H18N4/c1-7(9-3-4-9)10-13-14-11-8(2)12-5-6-15(10)11/h7-9,12H,3-6H2,1-2H3. The van der Waals surface area contributed by atoms with Crippen LogP contribution in [0.5, 0.6) is 0 Å². The van der Waals surface area contributed by atoms with Crippen molar-refractivity contribution >= 4 is 0 Å². The Morgan fingerprint density at radius 3 is 2.93 bits per heavy atom. The van der Waals surface area contributed by atoms with Crippen molar-refractivity contribution in [2.75, 3.05) is 6.54 Å². The maximum atomic E-state index is 4.38. The summed E-state index contributed by atoms with van der Waals surface area (Å²) in [6.07, 6.45) is 2.74. The third kappa shape index (κ3) is 1.47. The fourth-order valence-electron chi connectivity index (χ4n) is 2.51. The van der Waals surface area contributed by atoms with E-state index in [0.717, 1.165) is 24.8 Å². The van der Waals surface area contributed by atoms with E-state index < -0.39 is 0 Å². The van der Waals surface area contributed by atoms with Gasteiger partial charge in [0, 0.05) is 19.0 Å². The maximum absolute atomic E-state index is 4.38. The molecule has 2 atom stereocenters. The van der Waals surface area contributed by atoms with E-state index in [4.69, 9.17) is 0 Å². The van der Waals surface area contributed by atoms with Crippen LogP contribution < -0.4 is 5.32 Å². The molecule has 1 N–H and O–H groups in total. The number of nitrogens with one attached hydrogen (secondary N) is 1. The molecule has 1 fully saturated rings. The summed E-state index contributed by atoms with van der Waals surface area (Å²) in [6, 6.07) is 0.353. The summed E-state index contributed by atoms with van der Waals surface area (Å²) >= 11 is 0. The van der Waals surface area contributed by atoms with E-state index in [1.807, 2.05) is 0 Å². The van der Waals surface area contributed by atoms with Gasteiger partial charge in [0.25, 0.3) is 0 Å². The lowest BCUT2D eigenvalue weighted by Crippen LogP contribution is -2.32. The molecule has 0 spiro atoms. The molecule has 82 valence electrons. The van der Waals surface area contributed by atoms with E-state index in [1.165, 1.54) is 18.7 Å². The first-order chi connectivity index (χ1) is 7.27. The predicted molar refractivity (Wildman–Crippen MR) is 57.6 cm³/mol. The largest absolute Gasteiger partial charge is 0.312 e. The van der Waals surface area contributed by atoms with Gasteiger partial charge in [0.1, 0.15) is 11.6 Å². The van der Waals surface area contributed by atoms with E-state index in [2.05, 4.69) is 33.9 Å². The fraction of sp³-hybridized carbons (Fsp3) is 0.818. The number of fused-ring (bicyclic) bond motifs is 1. The minimum Gasteiger partial charge on any atom is -0.312 e. The summed E-state index contributed by atoms with van der Waals surface area (Å²) in [6.45, 7) is 6.52. The molecule has 1 aromatic heterocycles. The van der Waals surface area contributed by atoms with Crippen molar-refractivity contribution in [3.05, 3.63) is 11.6 Å². The van der Waals surface area contributed by atoms with Crippen LogP contribution in [0.25, 0.3) is 0 Å². The molecule has 0 radical (unpaired) electrons. The van der Waals surface area contributed by atoms with Gasteiger partial charge in [-0.2, -0.15) is 0 Å². The van der Waals surface area contributed by atoms with Crippen LogP contribution in [0.15, 0.2) is 0 Å². The van der Waals surface area contributed by atoms with E-state index in [9.17, 15) is 0 Å². The third-order valence-corrected chi connectivity index (χ3v) is 3.72. The Bertz CT molecular complexity index is 367. The van der Waals surface area contributed by atoms with Gasteiger partial charge in [0.05, 0.1) is 6.04 Å². The van der Waals surface area contributed by atoms with Crippen LogP contribution in [-0.2, 0) is 6.54 Å². The molecule has 2 aliphatic rings. The highest BCUT2D eigenvalue weighted by Gasteiger charge is 2.33. The van der Waals surface area contributed by atoms with Crippen LogP contribution in [-0.4, -0.2) is 21.3 Å². The second kappa shape index (κ2) is 3.30. The molecule has 1 saturated carbocycles. The van der Waals surface area contributed by atoms with E-state index >= 15 is 0 Å². The Morgan fingerprint density at radius 1 is 1.40 bits per heavy atom. The van der Waals surface area contributed by atoms with Crippen LogP contribution >= 0.6 is 0 Å². The van der Waals surface area contributed by atoms with E-state index in [0.29, 0.717) is 12.0 Å². The van der Waals surface area contributed by atoms with E-state index in [-0.39, 0.29) is 0 Å². The zero-order valence-electron chi connectivity index (χ0n) is 9.40. The second-order valence-corrected chi connectivity index (χ2v) is 4.87. The van der Waals surface area contributed by atoms with Crippen LogP contribution in [0, 0.1) is 5.92 Å². The molecule has 3 rings (SSSR count). The lowest BCUT2D eigenvalue weighted by atomic mass is 10.1. The van der Waals surface area contributed by atoms with Gasteiger partial charge in [-0.3, -0.25) is 0 Å². The van der Waals surface area contributed by atoms with Gasteiger partial charge in [0.2, 0.25) is 0 Å². The summed E-state index contributed by atoms with van der Waals surface area (Å²) in [5, 5.41) is 12.1. The van der Waals surface area contributed by atoms with Gasteiger partial charge in [-0.15, -0.1) is 10.2 Å². The monoisotopic (exact) mass is 206 g/mol. The molecule has 4 heteroatoms. The molecular weight excluding hydrogens is 188 g/mol. The van der Waals surface area contributed by atoms with Crippen LogP contribution in [0.3, 0.4) is 0 Å². The first-order valence-electron chi connectivity index (χ1n) is 5.93. The number of nitrogens with zero attached hydrogens (tertiary/aromatic N) is 3. The smallest absolute Gasteiger partial charge is 0.149 e. The Morgan fingerprint density at radius 2 is 2.20 bits per heavy atom. The quantitative estimate of drug-likeness (QED) is 0.796. The number of rotatable bonds is 2. The molecule has 1 aromatic rings. The highest BCUT2D eigenvalue weighted by atomic mass is 15.3. The topological polar surface area (TPSA) is 42.7 Å². The molecule has 0 amide bonds. The summed E-state index contributed by atoms with van der Waals surface area (Å²) in [5.41, 5.74) is 0. The number of aromatic nitrogens is 3. The van der Waals surface area contributed by atoms with Gasteiger partial charge in [0.15, 0.2) is 0 Å². The van der Waals surface area contributed by atoms with Crippen molar-refractivity contribution in [2.24, 2.45) is 5.92 Å². The highest BCUT2D eigenvalue weighted by Crippen LogP contribution is 2.42. The van der Waals surface area contributed by atoms with Crippen LogP contribution in [0.4, 0.5) is 0 Å². The van der Waals surface area contributed by atoms with Gasteiger partial charge in [-0.25, -0.2) is 0 Å². The molecule has 2 unspecified atom stereocenters. The Labute approximate surface area is 90.1 Å². The maximum Gasteiger partial charge on any atom is 0.149 e. The lowest BCUT2D eigenvalue weighted by molar-refractivity contribution is 0.420. The van der Waals surface area contributed by atoms with Crippen molar-refractivity contribution < 1.29 is 0 Å². The summed E-state index contributed by atoms with van der Waals surface area (Å²) in [7, 11) is 0. The van der Waals surface area contributed by atoms with Crippen molar-refractivity contribution in [2.45, 2.75) is 45.2 Å². The third-order valence-electron chi connectivity index (χ3n) is 3.72. The van der Waals surface area contributed by atoms with Crippen molar-refractivity contribution in [1.29, 1.82) is 0 Å². The Kier molecular flexibility index (Phi) is 2.06. The highest BCUT2D eigenvalue weighted by molar-refractivity contribution is 5.09. The van der Waals surface area contributed by atoms with Gasteiger partial charge in [-0.1, -0.05) is 6.92 Å². The van der Waals surface area contributed by atoms with E-state index in [1.54, 1.807) is 0 Å². The van der Waals surface area contributed by atoms with Crippen molar-refractivity contribution in [3.8, 4) is 0 Å². The number of hydrogen-bond acceptors (Lipinski definition) is 3. The van der Waals surface area contributed by atoms with Crippen LogP contribution in [0.1, 0.15) is 50.3 Å². The summed E-state index contributed by atoms with van der Waals surface area (Å²) in [5.74, 6) is 3.78. The zero-order chi connectivity index (χ0) is 10.4. The average Bonchev–Trinajstić information content (AvgIpc) is 2.98. The van der Waals surface area contributed by atoms with Crippen molar-refractivity contribution in [3.63, 3.8) is 0 Å². The minimum absolute atomic E-state index is 0.353. The summed E-state index contributed by atoms with van der Waals surface area (Å²) in [4.78, 5) is 0. The molecule has 0 saturated heterocycles. The Hall–Kier alpha value is -0.900.